The SMILES string of the molecule is CC(CCO)NC(CN)c1c(Cl)cccc1Cl. The van der Waals surface area contributed by atoms with Gasteiger partial charge < -0.3 is 16.2 Å². The molecule has 0 saturated carbocycles. The molecule has 0 heterocycles. The van der Waals surface area contributed by atoms with E-state index in [1.54, 1.807) is 18.2 Å². The Bertz CT molecular complexity index is 340. The summed E-state index contributed by atoms with van der Waals surface area (Å²) in [4.78, 5) is 0. The van der Waals surface area contributed by atoms with Crippen molar-refractivity contribution in [2.75, 3.05) is 13.2 Å². The van der Waals surface area contributed by atoms with E-state index in [1.165, 1.54) is 0 Å². The predicted molar refractivity (Wildman–Crippen MR) is 72.6 cm³/mol. The van der Waals surface area contributed by atoms with Gasteiger partial charge in [0.05, 0.1) is 0 Å². The molecule has 0 radical (unpaired) electrons. The first-order valence-electron chi connectivity index (χ1n) is 5.61. The molecule has 0 aromatic heterocycles. The average Bonchev–Trinajstić information content (AvgIpc) is 2.27. The zero-order valence-electron chi connectivity index (χ0n) is 9.79. The van der Waals surface area contributed by atoms with Crippen LogP contribution in [0.5, 0.6) is 0 Å². The molecule has 5 heteroatoms. The van der Waals surface area contributed by atoms with Crippen molar-refractivity contribution in [3.8, 4) is 0 Å². The van der Waals surface area contributed by atoms with Crippen LogP contribution in [0.4, 0.5) is 0 Å². The lowest BCUT2D eigenvalue weighted by Gasteiger charge is -2.23. The lowest BCUT2D eigenvalue weighted by Crippen LogP contribution is -2.35. The van der Waals surface area contributed by atoms with Crippen molar-refractivity contribution >= 4 is 23.2 Å². The predicted octanol–water partition coefficient (Wildman–Crippen LogP) is 2.35. The number of nitrogens with one attached hydrogen (secondary N) is 1. The van der Waals surface area contributed by atoms with Gasteiger partial charge in [0, 0.05) is 40.8 Å². The Labute approximate surface area is 112 Å². The molecule has 1 aromatic carbocycles. The Balaban J connectivity index is 2.86. The summed E-state index contributed by atoms with van der Waals surface area (Å²) >= 11 is 12.3. The van der Waals surface area contributed by atoms with Gasteiger partial charge in [-0.3, -0.25) is 0 Å². The van der Waals surface area contributed by atoms with Crippen molar-refractivity contribution < 1.29 is 5.11 Å². The third-order valence-corrected chi connectivity index (χ3v) is 3.29. The van der Waals surface area contributed by atoms with E-state index in [0.29, 0.717) is 23.0 Å². The highest BCUT2D eigenvalue weighted by molar-refractivity contribution is 6.36. The van der Waals surface area contributed by atoms with E-state index in [2.05, 4.69) is 5.32 Å². The van der Waals surface area contributed by atoms with Crippen LogP contribution in [0.1, 0.15) is 24.9 Å². The highest BCUT2D eigenvalue weighted by Crippen LogP contribution is 2.30. The molecule has 0 bridgehead atoms. The number of benzene rings is 1. The van der Waals surface area contributed by atoms with Crippen LogP contribution in [0, 0.1) is 0 Å². The average molecular weight is 277 g/mol. The fourth-order valence-corrected chi connectivity index (χ4v) is 2.39. The van der Waals surface area contributed by atoms with Crippen molar-refractivity contribution in [1.29, 1.82) is 0 Å². The van der Waals surface area contributed by atoms with Crippen LogP contribution in [0.2, 0.25) is 10.0 Å². The zero-order chi connectivity index (χ0) is 12.8. The van der Waals surface area contributed by atoms with E-state index in [9.17, 15) is 0 Å². The van der Waals surface area contributed by atoms with E-state index >= 15 is 0 Å². The Morgan fingerprint density at radius 3 is 2.41 bits per heavy atom. The first-order chi connectivity index (χ1) is 8.10. The Hall–Kier alpha value is -0.320. The first-order valence-corrected chi connectivity index (χ1v) is 6.36. The van der Waals surface area contributed by atoms with Gasteiger partial charge in [-0.25, -0.2) is 0 Å². The van der Waals surface area contributed by atoms with Crippen LogP contribution >= 0.6 is 23.2 Å². The number of hydrogen-bond donors (Lipinski definition) is 3. The Morgan fingerprint density at radius 2 is 1.94 bits per heavy atom. The van der Waals surface area contributed by atoms with Crippen LogP contribution in [0.15, 0.2) is 18.2 Å². The van der Waals surface area contributed by atoms with Crippen molar-refractivity contribution in [3.63, 3.8) is 0 Å². The van der Waals surface area contributed by atoms with Crippen LogP contribution in [-0.4, -0.2) is 24.3 Å². The molecule has 1 rings (SSSR count). The minimum absolute atomic E-state index is 0.0993. The van der Waals surface area contributed by atoms with E-state index in [-0.39, 0.29) is 18.7 Å². The number of aliphatic hydroxyl groups excluding tert-OH is 1. The highest BCUT2D eigenvalue weighted by atomic mass is 35.5. The summed E-state index contributed by atoms with van der Waals surface area (Å²) in [6.07, 6.45) is 0.665. The highest BCUT2D eigenvalue weighted by Gasteiger charge is 2.18. The van der Waals surface area contributed by atoms with E-state index < -0.39 is 0 Å². The van der Waals surface area contributed by atoms with Gasteiger partial charge in [-0.15, -0.1) is 0 Å². The van der Waals surface area contributed by atoms with Gasteiger partial charge in [-0.1, -0.05) is 29.3 Å². The first kappa shape index (κ1) is 14.7. The fraction of sp³-hybridized carbons (Fsp3) is 0.500. The molecule has 0 fully saturated rings. The third-order valence-electron chi connectivity index (χ3n) is 2.63. The molecule has 1 aromatic rings. The molecule has 2 unspecified atom stereocenters. The minimum Gasteiger partial charge on any atom is -0.396 e. The molecule has 0 amide bonds. The van der Waals surface area contributed by atoms with Crippen LogP contribution in [0.25, 0.3) is 0 Å². The van der Waals surface area contributed by atoms with Gasteiger partial charge in [0.15, 0.2) is 0 Å². The number of hydrogen-bond acceptors (Lipinski definition) is 3. The Morgan fingerprint density at radius 1 is 1.35 bits per heavy atom. The van der Waals surface area contributed by atoms with E-state index in [0.717, 1.165) is 5.56 Å². The van der Waals surface area contributed by atoms with Crippen LogP contribution < -0.4 is 11.1 Å². The lowest BCUT2D eigenvalue weighted by atomic mass is 10.1. The van der Waals surface area contributed by atoms with Gasteiger partial charge in [-0.05, 0) is 25.5 Å². The molecule has 0 aliphatic carbocycles. The maximum Gasteiger partial charge on any atom is 0.0476 e. The second-order valence-corrected chi connectivity index (χ2v) is 4.82. The lowest BCUT2D eigenvalue weighted by molar-refractivity contribution is 0.263. The summed E-state index contributed by atoms with van der Waals surface area (Å²) in [7, 11) is 0. The monoisotopic (exact) mass is 276 g/mol. The van der Waals surface area contributed by atoms with E-state index in [4.69, 9.17) is 34.0 Å². The molecule has 96 valence electrons. The summed E-state index contributed by atoms with van der Waals surface area (Å²) in [5.41, 5.74) is 6.57. The molecular formula is C12H18Cl2N2O. The maximum atomic E-state index is 8.88. The van der Waals surface area contributed by atoms with Crippen LogP contribution in [-0.2, 0) is 0 Å². The second kappa shape index (κ2) is 7.19. The van der Waals surface area contributed by atoms with Gasteiger partial charge in [0.2, 0.25) is 0 Å². The van der Waals surface area contributed by atoms with Crippen molar-refractivity contribution in [3.05, 3.63) is 33.8 Å². The number of nitrogens with two attached hydrogens (primary N) is 1. The number of aliphatic hydroxyl groups is 1. The van der Waals surface area contributed by atoms with Gasteiger partial charge in [0.25, 0.3) is 0 Å². The summed E-state index contributed by atoms with van der Waals surface area (Å²) < 4.78 is 0. The molecule has 0 saturated heterocycles. The molecule has 0 aliphatic rings. The Kier molecular flexibility index (Phi) is 6.23. The topological polar surface area (TPSA) is 58.3 Å². The summed E-state index contributed by atoms with van der Waals surface area (Å²) in [6.45, 7) is 2.53. The fourth-order valence-electron chi connectivity index (χ4n) is 1.73. The molecule has 4 N–H and O–H groups in total. The molecule has 17 heavy (non-hydrogen) atoms. The van der Waals surface area contributed by atoms with Crippen molar-refractivity contribution in [2.24, 2.45) is 5.73 Å². The number of rotatable bonds is 6. The molecular weight excluding hydrogens is 259 g/mol. The summed E-state index contributed by atoms with van der Waals surface area (Å²) in [5, 5.41) is 13.4. The third kappa shape index (κ3) is 4.12. The summed E-state index contributed by atoms with van der Waals surface area (Å²) in [6, 6.07) is 5.45. The summed E-state index contributed by atoms with van der Waals surface area (Å²) in [5.74, 6) is 0. The standard InChI is InChI=1S/C12H18Cl2N2O/c1-8(5-6-17)16-11(7-15)12-9(13)3-2-4-10(12)14/h2-4,8,11,16-17H,5-7,15H2,1H3. The molecule has 2 atom stereocenters. The smallest absolute Gasteiger partial charge is 0.0476 e. The van der Waals surface area contributed by atoms with Gasteiger partial charge in [-0.2, -0.15) is 0 Å². The zero-order valence-corrected chi connectivity index (χ0v) is 11.3. The molecule has 3 nitrogen and oxygen atoms in total. The minimum atomic E-state index is -0.0993. The van der Waals surface area contributed by atoms with Crippen molar-refractivity contribution in [1.82, 2.24) is 5.32 Å². The molecule has 0 spiro atoms. The molecule has 0 aliphatic heterocycles. The van der Waals surface area contributed by atoms with Crippen molar-refractivity contribution in [2.45, 2.75) is 25.4 Å². The number of halogens is 2. The largest absolute Gasteiger partial charge is 0.396 e. The van der Waals surface area contributed by atoms with Gasteiger partial charge >= 0.3 is 0 Å². The van der Waals surface area contributed by atoms with Crippen LogP contribution in [0.3, 0.4) is 0 Å². The van der Waals surface area contributed by atoms with E-state index in [1.807, 2.05) is 6.92 Å². The quantitative estimate of drug-likeness (QED) is 0.748. The second-order valence-electron chi connectivity index (χ2n) is 4.00. The maximum absolute atomic E-state index is 8.88. The normalized spacial score (nSPS) is 14.6. The van der Waals surface area contributed by atoms with Gasteiger partial charge in [0.1, 0.15) is 0 Å².